The lowest BCUT2D eigenvalue weighted by molar-refractivity contribution is -0.202. The Morgan fingerprint density at radius 2 is 1.93 bits per heavy atom. The van der Waals surface area contributed by atoms with Crippen LogP contribution in [0.2, 0.25) is 0 Å². The number of aliphatic hydroxyl groups excluding tert-OH is 1. The predicted molar refractivity (Wildman–Crippen MR) is 49.5 cm³/mol. The van der Waals surface area contributed by atoms with Crippen molar-refractivity contribution in [1.29, 1.82) is 0 Å². The summed E-state index contributed by atoms with van der Waals surface area (Å²) in [6.07, 6.45) is -6.29. The van der Waals surface area contributed by atoms with E-state index in [1.807, 2.05) is 6.92 Å². The minimum absolute atomic E-state index is 0.339. The largest absolute Gasteiger partial charge is 0.414 e. The topological polar surface area (TPSA) is 20.2 Å². The lowest BCUT2D eigenvalue weighted by Gasteiger charge is -2.12. The van der Waals surface area contributed by atoms with Crippen molar-refractivity contribution in [2.45, 2.75) is 32.0 Å². The van der Waals surface area contributed by atoms with Crippen LogP contribution in [-0.2, 0) is 12.8 Å². The molecule has 0 amide bonds. The van der Waals surface area contributed by atoms with E-state index in [4.69, 9.17) is 5.11 Å². The van der Waals surface area contributed by atoms with Crippen LogP contribution in [0.15, 0.2) is 12.1 Å². The fourth-order valence-electron chi connectivity index (χ4n) is 1.03. The van der Waals surface area contributed by atoms with Gasteiger partial charge < -0.3 is 5.11 Å². The predicted octanol–water partition coefficient (Wildman–Crippen LogP) is 2.78. The summed E-state index contributed by atoms with van der Waals surface area (Å²) in [6, 6.07) is 3.43. The van der Waals surface area contributed by atoms with E-state index < -0.39 is 12.3 Å². The Hall–Kier alpha value is -0.550. The smallest absolute Gasteiger partial charge is 0.383 e. The summed E-state index contributed by atoms with van der Waals surface area (Å²) in [6.45, 7) is 1.94. The van der Waals surface area contributed by atoms with Crippen molar-refractivity contribution in [2.75, 3.05) is 0 Å². The van der Waals surface area contributed by atoms with Gasteiger partial charge in [0.05, 0.1) is 0 Å². The molecular formula is C9H11F3OS. The molecule has 0 bridgehead atoms. The molecular weight excluding hydrogens is 213 g/mol. The second-order valence-corrected chi connectivity index (χ2v) is 4.24. The highest BCUT2D eigenvalue weighted by Crippen LogP contribution is 2.26. The van der Waals surface area contributed by atoms with Crippen LogP contribution < -0.4 is 0 Å². The van der Waals surface area contributed by atoms with E-state index in [2.05, 4.69) is 0 Å². The maximum atomic E-state index is 12.0. The van der Waals surface area contributed by atoms with E-state index in [1.54, 1.807) is 12.1 Å². The van der Waals surface area contributed by atoms with Crippen molar-refractivity contribution in [3.8, 4) is 0 Å². The van der Waals surface area contributed by atoms with Gasteiger partial charge in [0.25, 0.3) is 0 Å². The van der Waals surface area contributed by atoms with Gasteiger partial charge in [-0.25, -0.2) is 0 Å². The van der Waals surface area contributed by atoms with E-state index in [9.17, 15) is 13.2 Å². The third-order valence-corrected chi connectivity index (χ3v) is 3.09. The van der Waals surface area contributed by atoms with Crippen molar-refractivity contribution in [1.82, 2.24) is 0 Å². The third-order valence-electron chi connectivity index (χ3n) is 1.84. The van der Waals surface area contributed by atoms with Crippen LogP contribution in [-0.4, -0.2) is 17.4 Å². The number of thiophene rings is 1. The number of hydrogen-bond acceptors (Lipinski definition) is 2. The second-order valence-electron chi connectivity index (χ2n) is 2.98. The van der Waals surface area contributed by atoms with Crippen molar-refractivity contribution >= 4 is 11.3 Å². The zero-order valence-electron chi connectivity index (χ0n) is 7.64. The van der Waals surface area contributed by atoms with Crippen LogP contribution in [0.5, 0.6) is 0 Å². The van der Waals surface area contributed by atoms with Gasteiger partial charge in [0.15, 0.2) is 6.10 Å². The first-order valence-electron chi connectivity index (χ1n) is 4.26. The molecule has 14 heavy (non-hydrogen) atoms. The molecule has 0 fully saturated rings. The van der Waals surface area contributed by atoms with Gasteiger partial charge >= 0.3 is 6.18 Å². The van der Waals surface area contributed by atoms with E-state index in [1.165, 1.54) is 11.3 Å². The van der Waals surface area contributed by atoms with Crippen molar-refractivity contribution < 1.29 is 18.3 Å². The van der Waals surface area contributed by atoms with E-state index >= 15 is 0 Å². The zero-order valence-corrected chi connectivity index (χ0v) is 8.45. The Morgan fingerprint density at radius 1 is 1.36 bits per heavy atom. The van der Waals surface area contributed by atoms with Gasteiger partial charge in [-0.15, -0.1) is 11.3 Å². The number of aliphatic hydroxyl groups is 1. The van der Waals surface area contributed by atoms with Crippen molar-refractivity contribution in [3.63, 3.8) is 0 Å². The molecule has 80 valence electrons. The molecule has 0 aliphatic rings. The molecule has 0 saturated heterocycles. The molecule has 1 aromatic heterocycles. The summed E-state index contributed by atoms with van der Waals surface area (Å²) in [7, 11) is 0. The molecule has 0 spiro atoms. The van der Waals surface area contributed by atoms with Crippen molar-refractivity contribution in [2.24, 2.45) is 0 Å². The first-order valence-corrected chi connectivity index (χ1v) is 5.07. The lowest BCUT2D eigenvalue weighted by atomic mass is 10.2. The number of rotatable bonds is 3. The van der Waals surface area contributed by atoms with Crippen LogP contribution in [0, 0.1) is 0 Å². The number of halogens is 3. The molecule has 1 atom stereocenters. The van der Waals surface area contributed by atoms with E-state index in [0.29, 0.717) is 4.88 Å². The maximum Gasteiger partial charge on any atom is 0.414 e. The zero-order chi connectivity index (χ0) is 10.8. The first kappa shape index (κ1) is 11.5. The van der Waals surface area contributed by atoms with Gasteiger partial charge in [0.2, 0.25) is 0 Å². The van der Waals surface area contributed by atoms with Gasteiger partial charge in [-0.2, -0.15) is 13.2 Å². The minimum atomic E-state index is -4.52. The highest BCUT2D eigenvalue weighted by Gasteiger charge is 2.38. The van der Waals surface area contributed by atoms with E-state index in [0.717, 1.165) is 11.3 Å². The average molecular weight is 224 g/mol. The van der Waals surface area contributed by atoms with Crippen LogP contribution >= 0.6 is 11.3 Å². The molecule has 1 rings (SSSR count). The SMILES string of the molecule is CCc1ccc(CC(O)C(F)(F)F)s1. The van der Waals surface area contributed by atoms with Gasteiger partial charge in [0, 0.05) is 16.2 Å². The standard InChI is InChI=1S/C9H11F3OS/c1-2-6-3-4-7(14-6)5-8(13)9(10,11)12/h3-4,8,13H,2,5H2,1H3. The Morgan fingerprint density at radius 3 is 2.36 bits per heavy atom. The Bertz CT molecular complexity index is 292. The molecule has 5 heteroatoms. The molecule has 0 aliphatic carbocycles. The second kappa shape index (κ2) is 4.31. The molecule has 1 heterocycles. The molecule has 0 aliphatic heterocycles. The number of aryl methyl sites for hydroxylation is 1. The quantitative estimate of drug-likeness (QED) is 0.837. The Labute approximate surface area is 84.2 Å². The maximum absolute atomic E-state index is 12.0. The average Bonchev–Trinajstić information content (AvgIpc) is 2.50. The summed E-state index contributed by atoms with van der Waals surface area (Å²) in [4.78, 5) is 1.61. The Kier molecular flexibility index (Phi) is 3.55. The molecule has 0 radical (unpaired) electrons. The molecule has 1 unspecified atom stereocenters. The van der Waals surface area contributed by atoms with Crippen LogP contribution in [0.3, 0.4) is 0 Å². The fourth-order valence-corrected chi connectivity index (χ4v) is 2.02. The number of alkyl halides is 3. The molecule has 1 aromatic rings. The fraction of sp³-hybridized carbons (Fsp3) is 0.556. The van der Waals surface area contributed by atoms with Crippen LogP contribution in [0.25, 0.3) is 0 Å². The molecule has 0 aromatic carbocycles. The van der Waals surface area contributed by atoms with Gasteiger partial charge in [-0.05, 0) is 18.6 Å². The minimum Gasteiger partial charge on any atom is -0.383 e. The number of hydrogen-bond donors (Lipinski definition) is 1. The molecule has 1 N–H and O–H groups in total. The monoisotopic (exact) mass is 224 g/mol. The Balaban J connectivity index is 2.60. The van der Waals surface area contributed by atoms with Crippen LogP contribution in [0.1, 0.15) is 16.7 Å². The summed E-state index contributed by atoms with van der Waals surface area (Å²) < 4.78 is 35.9. The summed E-state index contributed by atoms with van der Waals surface area (Å²) >= 11 is 1.32. The van der Waals surface area contributed by atoms with E-state index in [-0.39, 0.29) is 6.42 Å². The summed E-state index contributed by atoms with van der Waals surface area (Å²) in [5.74, 6) is 0. The first-order chi connectivity index (χ1) is 6.43. The molecule has 0 saturated carbocycles. The van der Waals surface area contributed by atoms with Gasteiger partial charge in [0.1, 0.15) is 0 Å². The van der Waals surface area contributed by atoms with Gasteiger partial charge in [-0.3, -0.25) is 0 Å². The highest BCUT2D eigenvalue weighted by atomic mass is 32.1. The van der Waals surface area contributed by atoms with Crippen LogP contribution in [0.4, 0.5) is 13.2 Å². The van der Waals surface area contributed by atoms with Gasteiger partial charge in [-0.1, -0.05) is 6.92 Å². The lowest BCUT2D eigenvalue weighted by Crippen LogP contribution is -2.30. The highest BCUT2D eigenvalue weighted by molar-refractivity contribution is 7.11. The van der Waals surface area contributed by atoms with Crippen molar-refractivity contribution in [3.05, 3.63) is 21.9 Å². The normalized spacial score (nSPS) is 14.4. The third kappa shape index (κ3) is 2.99. The summed E-state index contributed by atoms with van der Waals surface area (Å²) in [5, 5.41) is 8.80. The molecule has 1 nitrogen and oxygen atoms in total. The summed E-state index contributed by atoms with van der Waals surface area (Å²) in [5.41, 5.74) is 0.